The highest BCUT2D eigenvalue weighted by Crippen LogP contribution is 2.47. The van der Waals surface area contributed by atoms with E-state index in [-0.39, 0.29) is 17.6 Å². The van der Waals surface area contributed by atoms with Crippen molar-refractivity contribution in [3.8, 4) is 11.5 Å². The first-order valence-corrected chi connectivity index (χ1v) is 8.27. The fourth-order valence-electron chi connectivity index (χ4n) is 3.45. The van der Waals surface area contributed by atoms with Crippen LogP contribution < -0.4 is 9.47 Å². The van der Waals surface area contributed by atoms with Gasteiger partial charge in [-0.2, -0.15) is 0 Å². The van der Waals surface area contributed by atoms with Crippen molar-refractivity contribution in [1.82, 2.24) is 0 Å². The Balaban J connectivity index is 2.02. The van der Waals surface area contributed by atoms with Crippen LogP contribution in [0.5, 0.6) is 11.5 Å². The Bertz CT molecular complexity index is 898. The Kier molecular flexibility index (Phi) is 3.94. The van der Waals surface area contributed by atoms with Gasteiger partial charge in [0.05, 0.1) is 12.7 Å². The second-order valence-electron chi connectivity index (χ2n) is 6.25. The van der Waals surface area contributed by atoms with Crippen LogP contribution in [0, 0.1) is 0 Å². The third-order valence-electron chi connectivity index (χ3n) is 4.60. The summed E-state index contributed by atoms with van der Waals surface area (Å²) in [7, 11) is 1.27. The van der Waals surface area contributed by atoms with Crippen molar-refractivity contribution in [2.45, 2.75) is 12.2 Å². The number of benzene rings is 2. The monoisotopic (exact) mass is 354 g/mol. The fraction of sp³-hybridized carbons (Fsp3) is 0.250. The molecule has 2 N–H and O–H groups in total. The first-order chi connectivity index (χ1) is 12.5. The van der Waals surface area contributed by atoms with Crippen molar-refractivity contribution in [3.05, 3.63) is 64.7 Å². The lowest BCUT2D eigenvalue weighted by atomic mass is 9.78. The maximum absolute atomic E-state index is 12.4. The van der Waals surface area contributed by atoms with Crippen LogP contribution in [0.25, 0.3) is 5.57 Å². The van der Waals surface area contributed by atoms with Gasteiger partial charge in [0.15, 0.2) is 17.3 Å². The zero-order chi connectivity index (χ0) is 18.3. The number of aliphatic hydroxyl groups is 2. The van der Waals surface area contributed by atoms with Gasteiger partial charge in [-0.25, -0.2) is 4.79 Å². The van der Waals surface area contributed by atoms with Crippen molar-refractivity contribution in [2.24, 2.45) is 0 Å². The van der Waals surface area contributed by atoms with Crippen LogP contribution >= 0.6 is 0 Å². The number of ether oxygens (including phenoxy) is 3. The van der Waals surface area contributed by atoms with Crippen LogP contribution in [0.4, 0.5) is 0 Å². The quantitative estimate of drug-likeness (QED) is 0.634. The molecule has 0 aromatic heterocycles. The molecule has 4 rings (SSSR count). The number of methoxy groups -OCH3 is 1. The van der Waals surface area contributed by atoms with Crippen LogP contribution in [0.1, 0.15) is 23.1 Å². The molecule has 0 saturated heterocycles. The summed E-state index contributed by atoms with van der Waals surface area (Å²) in [5.74, 6) is -1.86. The lowest BCUT2D eigenvalue weighted by molar-refractivity contribution is -0.172. The maximum atomic E-state index is 12.4. The smallest absolute Gasteiger partial charge is 0.334 e. The molecule has 134 valence electrons. The fourth-order valence-corrected chi connectivity index (χ4v) is 3.45. The van der Waals surface area contributed by atoms with Gasteiger partial charge in [0, 0.05) is 17.6 Å². The number of hydrogen-bond donors (Lipinski definition) is 2. The van der Waals surface area contributed by atoms with Gasteiger partial charge >= 0.3 is 5.97 Å². The predicted molar refractivity (Wildman–Crippen MR) is 92.6 cm³/mol. The summed E-state index contributed by atoms with van der Waals surface area (Å²) < 4.78 is 16.1. The van der Waals surface area contributed by atoms with Gasteiger partial charge < -0.3 is 24.4 Å². The van der Waals surface area contributed by atoms with E-state index >= 15 is 0 Å². The van der Waals surface area contributed by atoms with E-state index < -0.39 is 11.8 Å². The van der Waals surface area contributed by atoms with Crippen molar-refractivity contribution < 1.29 is 29.2 Å². The highest BCUT2D eigenvalue weighted by Gasteiger charge is 2.41. The highest BCUT2D eigenvalue weighted by molar-refractivity contribution is 6.03. The lowest BCUT2D eigenvalue weighted by Crippen LogP contribution is -2.33. The summed E-state index contributed by atoms with van der Waals surface area (Å²) >= 11 is 0. The number of fused-ring (bicyclic) bond motifs is 2. The SMILES string of the molecule is COC(=O)C1=C(c2ccccc2)c2cc3c(cc2C(O)(O)C1)OCCO3. The van der Waals surface area contributed by atoms with Crippen LogP contribution in [0.3, 0.4) is 0 Å². The van der Waals surface area contributed by atoms with E-state index in [1.807, 2.05) is 30.3 Å². The molecule has 2 aromatic carbocycles. The number of esters is 1. The average molecular weight is 354 g/mol. The van der Waals surface area contributed by atoms with E-state index in [2.05, 4.69) is 0 Å². The van der Waals surface area contributed by atoms with E-state index in [1.165, 1.54) is 7.11 Å². The molecule has 2 aliphatic rings. The molecule has 0 amide bonds. The molecular formula is C20H18O6. The molecule has 0 spiro atoms. The molecule has 2 aromatic rings. The largest absolute Gasteiger partial charge is 0.486 e. The summed E-state index contributed by atoms with van der Waals surface area (Å²) in [6.07, 6.45) is -0.281. The summed E-state index contributed by atoms with van der Waals surface area (Å²) in [4.78, 5) is 12.4. The Morgan fingerprint density at radius 3 is 2.38 bits per heavy atom. The molecule has 0 saturated carbocycles. The van der Waals surface area contributed by atoms with Crippen molar-refractivity contribution in [1.29, 1.82) is 0 Å². The van der Waals surface area contributed by atoms with Crippen molar-refractivity contribution >= 4 is 11.5 Å². The Morgan fingerprint density at radius 1 is 1.08 bits per heavy atom. The van der Waals surface area contributed by atoms with Gasteiger partial charge in [-0.3, -0.25) is 0 Å². The Labute approximate surface area is 150 Å². The summed E-state index contributed by atoms with van der Waals surface area (Å²) in [5, 5.41) is 21.2. The molecule has 6 nitrogen and oxygen atoms in total. The standard InChI is InChI=1S/C20H18O6/c1-24-19(21)14-11-20(22,23)15-10-17-16(25-7-8-26-17)9-13(15)18(14)12-5-3-2-4-6-12/h2-6,9-10,22-23H,7-8,11H2,1H3. The first kappa shape index (κ1) is 16.6. The molecule has 1 aliphatic carbocycles. The van der Waals surface area contributed by atoms with Gasteiger partial charge in [0.1, 0.15) is 13.2 Å². The molecule has 0 unspecified atom stereocenters. The second kappa shape index (κ2) is 6.16. The molecule has 1 aliphatic heterocycles. The van der Waals surface area contributed by atoms with Gasteiger partial charge in [-0.1, -0.05) is 30.3 Å². The van der Waals surface area contributed by atoms with Crippen molar-refractivity contribution in [2.75, 3.05) is 20.3 Å². The van der Waals surface area contributed by atoms with E-state index in [4.69, 9.17) is 14.2 Å². The molecule has 1 heterocycles. The van der Waals surface area contributed by atoms with Crippen LogP contribution in [-0.2, 0) is 15.3 Å². The minimum atomic E-state index is -2.22. The number of carbonyl (C=O) groups excluding carboxylic acids is 1. The predicted octanol–water partition coefficient (Wildman–Crippen LogP) is 1.97. The lowest BCUT2D eigenvalue weighted by Gasteiger charge is -2.34. The van der Waals surface area contributed by atoms with E-state index in [0.717, 1.165) is 5.56 Å². The number of rotatable bonds is 2. The minimum absolute atomic E-state index is 0.202. The maximum Gasteiger partial charge on any atom is 0.334 e. The second-order valence-corrected chi connectivity index (χ2v) is 6.25. The van der Waals surface area contributed by atoms with Crippen LogP contribution in [0.15, 0.2) is 48.0 Å². The van der Waals surface area contributed by atoms with Crippen LogP contribution in [0.2, 0.25) is 0 Å². The molecule has 0 radical (unpaired) electrons. The summed E-state index contributed by atoms with van der Waals surface area (Å²) in [6.45, 7) is 0.799. The summed E-state index contributed by atoms with van der Waals surface area (Å²) in [6, 6.07) is 12.6. The normalized spacial score (nSPS) is 17.5. The zero-order valence-corrected chi connectivity index (χ0v) is 14.2. The third-order valence-corrected chi connectivity index (χ3v) is 4.60. The molecule has 0 atom stereocenters. The highest BCUT2D eigenvalue weighted by atomic mass is 16.6. The third kappa shape index (κ3) is 2.64. The van der Waals surface area contributed by atoms with E-state index in [1.54, 1.807) is 12.1 Å². The number of hydrogen-bond acceptors (Lipinski definition) is 6. The first-order valence-electron chi connectivity index (χ1n) is 8.27. The topological polar surface area (TPSA) is 85.2 Å². The van der Waals surface area contributed by atoms with Gasteiger partial charge in [-0.15, -0.1) is 0 Å². The molecule has 26 heavy (non-hydrogen) atoms. The van der Waals surface area contributed by atoms with Gasteiger partial charge in [-0.05, 0) is 23.3 Å². The average Bonchev–Trinajstić information content (AvgIpc) is 2.66. The van der Waals surface area contributed by atoms with Crippen LogP contribution in [-0.4, -0.2) is 36.5 Å². The Hall–Kier alpha value is -2.83. The summed E-state index contributed by atoms with van der Waals surface area (Å²) in [5.41, 5.74) is 2.36. The molecular weight excluding hydrogens is 336 g/mol. The van der Waals surface area contributed by atoms with Gasteiger partial charge in [0.2, 0.25) is 0 Å². The molecule has 0 fully saturated rings. The molecule has 6 heteroatoms. The van der Waals surface area contributed by atoms with E-state index in [0.29, 0.717) is 35.8 Å². The number of carbonyl (C=O) groups is 1. The van der Waals surface area contributed by atoms with Crippen molar-refractivity contribution in [3.63, 3.8) is 0 Å². The van der Waals surface area contributed by atoms with Gasteiger partial charge in [0.25, 0.3) is 0 Å². The Morgan fingerprint density at radius 2 is 1.73 bits per heavy atom. The molecule has 0 bridgehead atoms. The zero-order valence-electron chi connectivity index (χ0n) is 14.2. The minimum Gasteiger partial charge on any atom is -0.486 e. The van der Waals surface area contributed by atoms with E-state index in [9.17, 15) is 15.0 Å².